The number of carbonyl (C=O) groups excluding carboxylic acids is 1. The van der Waals surface area contributed by atoms with Gasteiger partial charge in [-0.2, -0.15) is 13.2 Å². The molecule has 0 aromatic rings. The van der Waals surface area contributed by atoms with Gasteiger partial charge in [-0.05, 0) is 12.8 Å². The van der Waals surface area contributed by atoms with Crippen molar-refractivity contribution in [1.29, 1.82) is 0 Å². The van der Waals surface area contributed by atoms with Gasteiger partial charge in [0.25, 0.3) is 0 Å². The van der Waals surface area contributed by atoms with Gasteiger partial charge in [0.15, 0.2) is 0 Å². The van der Waals surface area contributed by atoms with E-state index in [2.05, 4.69) is 5.73 Å². The van der Waals surface area contributed by atoms with Crippen molar-refractivity contribution in [3.05, 3.63) is 0 Å². The van der Waals surface area contributed by atoms with Crippen molar-refractivity contribution in [2.45, 2.75) is 25.4 Å². The van der Waals surface area contributed by atoms with Crippen LogP contribution >= 0.6 is 0 Å². The zero-order chi connectivity index (χ0) is 8.70. The molecule has 0 saturated heterocycles. The summed E-state index contributed by atoms with van der Waals surface area (Å²) in [4.78, 5) is 10.2. The maximum Gasteiger partial charge on any atom is 0.395 e. The molecule has 1 rings (SSSR count). The highest BCUT2D eigenvalue weighted by Crippen LogP contribution is 2.59. The van der Waals surface area contributed by atoms with Crippen LogP contribution in [0.4, 0.5) is 13.2 Å². The first-order valence-corrected chi connectivity index (χ1v) is 3.22. The van der Waals surface area contributed by atoms with Crippen LogP contribution in [-0.2, 0) is 4.79 Å². The normalized spacial score (nSPS) is 21.4. The van der Waals surface area contributed by atoms with Gasteiger partial charge in [0.1, 0.15) is 0 Å². The minimum atomic E-state index is -4.26. The molecule has 0 radical (unpaired) electrons. The number of carbonyl (C=O) groups is 1. The SMILES string of the molecule is NC(=O)CC1(C(F)(F)F)CC1. The number of alkyl halides is 3. The van der Waals surface area contributed by atoms with Crippen molar-refractivity contribution < 1.29 is 18.0 Å². The molecule has 1 aliphatic rings. The first-order valence-electron chi connectivity index (χ1n) is 3.22. The highest BCUT2D eigenvalue weighted by Gasteiger charge is 2.63. The van der Waals surface area contributed by atoms with Gasteiger partial charge in [-0.15, -0.1) is 0 Å². The molecular formula is C6H8F3NO. The van der Waals surface area contributed by atoms with Gasteiger partial charge in [-0.25, -0.2) is 0 Å². The Balaban J connectivity index is 2.61. The Morgan fingerprint density at radius 1 is 1.45 bits per heavy atom. The molecule has 0 spiro atoms. The second-order valence-electron chi connectivity index (χ2n) is 2.92. The van der Waals surface area contributed by atoms with Crippen LogP contribution in [0.25, 0.3) is 0 Å². The Morgan fingerprint density at radius 3 is 2.00 bits per heavy atom. The summed E-state index contributed by atoms with van der Waals surface area (Å²) in [6, 6.07) is 0. The molecule has 0 heterocycles. The van der Waals surface area contributed by atoms with Gasteiger partial charge in [0.2, 0.25) is 5.91 Å². The molecule has 0 unspecified atom stereocenters. The number of rotatable bonds is 2. The summed E-state index contributed by atoms with van der Waals surface area (Å²) in [5.41, 5.74) is 2.91. The molecule has 0 aromatic heterocycles. The Hall–Kier alpha value is -0.740. The number of hydrogen-bond donors (Lipinski definition) is 1. The summed E-state index contributed by atoms with van der Waals surface area (Å²) < 4.78 is 36.1. The maximum atomic E-state index is 12.0. The Morgan fingerprint density at radius 2 is 1.91 bits per heavy atom. The van der Waals surface area contributed by atoms with Gasteiger partial charge in [0, 0.05) is 6.42 Å². The highest BCUT2D eigenvalue weighted by atomic mass is 19.4. The number of hydrogen-bond acceptors (Lipinski definition) is 1. The van der Waals surface area contributed by atoms with Crippen LogP contribution < -0.4 is 5.73 Å². The monoisotopic (exact) mass is 167 g/mol. The lowest BCUT2D eigenvalue weighted by atomic mass is 10.0. The quantitative estimate of drug-likeness (QED) is 0.659. The third kappa shape index (κ3) is 1.46. The van der Waals surface area contributed by atoms with E-state index in [0.717, 1.165) is 0 Å². The molecular weight excluding hydrogens is 159 g/mol. The third-order valence-electron chi connectivity index (χ3n) is 1.97. The molecule has 1 amide bonds. The molecule has 1 saturated carbocycles. The minimum Gasteiger partial charge on any atom is -0.370 e. The van der Waals surface area contributed by atoms with Gasteiger partial charge in [0.05, 0.1) is 5.41 Å². The van der Waals surface area contributed by atoms with E-state index in [4.69, 9.17) is 0 Å². The van der Waals surface area contributed by atoms with Gasteiger partial charge >= 0.3 is 6.18 Å². The van der Waals surface area contributed by atoms with Crippen LogP contribution in [0, 0.1) is 5.41 Å². The molecule has 1 aliphatic carbocycles. The van der Waals surface area contributed by atoms with Crippen LogP contribution in [0.1, 0.15) is 19.3 Å². The molecule has 5 heteroatoms. The van der Waals surface area contributed by atoms with E-state index in [-0.39, 0.29) is 12.8 Å². The number of amides is 1. The van der Waals surface area contributed by atoms with Crippen molar-refractivity contribution in [2.24, 2.45) is 11.1 Å². The van der Waals surface area contributed by atoms with E-state index in [1.807, 2.05) is 0 Å². The minimum absolute atomic E-state index is 0.0411. The molecule has 0 bridgehead atoms. The third-order valence-corrected chi connectivity index (χ3v) is 1.97. The molecule has 0 atom stereocenters. The van der Waals surface area contributed by atoms with Gasteiger partial charge in [-0.1, -0.05) is 0 Å². The fourth-order valence-electron chi connectivity index (χ4n) is 1.04. The largest absolute Gasteiger partial charge is 0.395 e. The first kappa shape index (κ1) is 8.36. The van der Waals surface area contributed by atoms with Crippen molar-refractivity contribution in [1.82, 2.24) is 0 Å². The van der Waals surface area contributed by atoms with Crippen LogP contribution in [0.3, 0.4) is 0 Å². The molecule has 2 N–H and O–H groups in total. The number of halogens is 3. The van der Waals surface area contributed by atoms with Crippen LogP contribution in [0.15, 0.2) is 0 Å². The average Bonchev–Trinajstić information content (AvgIpc) is 2.42. The van der Waals surface area contributed by atoms with Crippen LogP contribution in [0.2, 0.25) is 0 Å². The summed E-state index contributed by atoms with van der Waals surface area (Å²) in [5.74, 6) is -0.875. The van der Waals surface area contributed by atoms with Crippen molar-refractivity contribution in [3.8, 4) is 0 Å². The lowest BCUT2D eigenvalue weighted by Crippen LogP contribution is -2.29. The lowest BCUT2D eigenvalue weighted by molar-refractivity contribution is -0.190. The molecule has 0 aliphatic heterocycles. The van der Waals surface area contributed by atoms with Gasteiger partial charge in [-0.3, -0.25) is 4.79 Å². The smallest absolute Gasteiger partial charge is 0.370 e. The van der Waals surface area contributed by atoms with E-state index in [1.165, 1.54) is 0 Å². The summed E-state index contributed by atoms with van der Waals surface area (Å²) >= 11 is 0. The van der Waals surface area contributed by atoms with Crippen molar-refractivity contribution >= 4 is 5.91 Å². The molecule has 11 heavy (non-hydrogen) atoms. The zero-order valence-corrected chi connectivity index (χ0v) is 5.74. The van der Waals surface area contributed by atoms with E-state index in [0.29, 0.717) is 0 Å². The summed E-state index contributed by atoms with van der Waals surface area (Å²) in [7, 11) is 0. The van der Waals surface area contributed by atoms with Crippen LogP contribution in [0.5, 0.6) is 0 Å². The second-order valence-corrected chi connectivity index (χ2v) is 2.92. The summed E-state index contributed by atoms with van der Waals surface area (Å²) in [6.45, 7) is 0. The Bertz CT molecular complexity index is 183. The standard InChI is InChI=1S/C6H8F3NO/c7-6(8,9)5(1-2-5)3-4(10)11/h1-3H2,(H2,10,11). The second kappa shape index (κ2) is 2.12. The van der Waals surface area contributed by atoms with Crippen molar-refractivity contribution in [2.75, 3.05) is 0 Å². The van der Waals surface area contributed by atoms with E-state index in [1.54, 1.807) is 0 Å². The predicted octanol–water partition coefficient (Wildman–Crippen LogP) is 1.20. The maximum absolute atomic E-state index is 12.0. The lowest BCUT2D eigenvalue weighted by Gasteiger charge is -2.16. The Kier molecular flexibility index (Phi) is 1.61. The fraction of sp³-hybridized carbons (Fsp3) is 0.833. The number of nitrogens with two attached hydrogens (primary N) is 1. The first-order chi connectivity index (χ1) is 4.87. The topological polar surface area (TPSA) is 43.1 Å². The molecule has 2 nitrogen and oxygen atoms in total. The van der Waals surface area contributed by atoms with E-state index >= 15 is 0 Å². The van der Waals surface area contributed by atoms with Crippen LogP contribution in [-0.4, -0.2) is 12.1 Å². The molecule has 0 aromatic carbocycles. The van der Waals surface area contributed by atoms with E-state index < -0.39 is 23.9 Å². The summed E-state index contributed by atoms with van der Waals surface area (Å²) in [5, 5.41) is 0. The predicted molar refractivity (Wildman–Crippen MR) is 31.5 cm³/mol. The molecule has 1 fully saturated rings. The molecule has 64 valence electrons. The highest BCUT2D eigenvalue weighted by molar-refractivity contribution is 5.75. The van der Waals surface area contributed by atoms with Gasteiger partial charge < -0.3 is 5.73 Å². The average molecular weight is 167 g/mol. The summed E-state index contributed by atoms with van der Waals surface area (Å²) in [6.07, 6.45) is -4.74. The van der Waals surface area contributed by atoms with E-state index in [9.17, 15) is 18.0 Å². The van der Waals surface area contributed by atoms with Crippen molar-refractivity contribution in [3.63, 3.8) is 0 Å². The zero-order valence-electron chi connectivity index (χ0n) is 5.74. The Labute approximate surface area is 61.6 Å². The fourth-order valence-corrected chi connectivity index (χ4v) is 1.04. The number of primary amides is 1.